The van der Waals surface area contributed by atoms with Crippen LogP contribution in [0.2, 0.25) is 0 Å². The van der Waals surface area contributed by atoms with Gasteiger partial charge in [0.1, 0.15) is 5.75 Å². The molecule has 0 bridgehead atoms. The van der Waals surface area contributed by atoms with Gasteiger partial charge in [0.05, 0.1) is 7.11 Å². The molecule has 0 fully saturated rings. The lowest BCUT2D eigenvalue weighted by Crippen LogP contribution is -2.35. The van der Waals surface area contributed by atoms with Gasteiger partial charge in [0, 0.05) is 25.1 Å². The number of hydrogen-bond acceptors (Lipinski definition) is 3. The Bertz CT molecular complexity index is 363. The van der Waals surface area contributed by atoms with Gasteiger partial charge in [-0.1, -0.05) is 26.0 Å². The number of nitrogens with zero attached hydrogens (tertiary/aromatic N) is 1. The molecule has 0 unspecified atom stereocenters. The summed E-state index contributed by atoms with van der Waals surface area (Å²) in [4.78, 5) is 2.26. The van der Waals surface area contributed by atoms with E-state index in [1.54, 1.807) is 7.11 Å². The van der Waals surface area contributed by atoms with E-state index in [1.807, 2.05) is 12.1 Å². The highest BCUT2D eigenvalue weighted by Gasteiger charge is 2.18. The van der Waals surface area contributed by atoms with Gasteiger partial charge < -0.3 is 14.7 Å². The highest BCUT2D eigenvalue weighted by Crippen LogP contribution is 2.16. The summed E-state index contributed by atoms with van der Waals surface area (Å²) in [6.07, 6.45) is 0.995. The topological polar surface area (TPSA) is 32.7 Å². The van der Waals surface area contributed by atoms with E-state index in [2.05, 4.69) is 37.9 Å². The minimum Gasteiger partial charge on any atom is -0.497 e. The van der Waals surface area contributed by atoms with Crippen LogP contribution in [0.4, 0.5) is 0 Å². The van der Waals surface area contributed by atoms with Gasteiger partial charge in [-0.15, -0.1) is 0 Å². The van der Waals surface area contributed by atoms with Gasteiger partial charge in [0.15, 0.2) is 0 Å². The molecule has 0 heterocycles. The van der Waals surface area contributed by atoms with Crippen molar-refractivity contribution in [3.8, 4) is 5.75 Å². The standard InChI is InChI=1S/C15H25NO2/c1-15(2,12-17)11-16(3)9-8-13-6-5-7-14(10-13)18-4/h5-7,10,17H,8-9,11-12H2,1-4H3. The molecule has 3 nitrogen and oxygen atoms in total. The normalized spacial score (nSPS) is 11.9. The van der Waals surface area contributed by atoms with Crippen molar-refractivity contribution in [1.29, 1.82) is 0 Å². The van der Waals surface area contributed by atoms with Gasteiger partial charge in [-0.3, -0.25) is 0 Å². The van der Waals surface area contributed by atoms with Crippen molar-refractivity contribution in [3.63, 3.8) is 0 Å². The van der Waals surface area contributed by atoms with Crippen LogP contribution in [0.1, 0.15) is 19.4 Å². The summed E-state index contributed by atoms with van der Waals surface area (Å²) < 4.78 is 5.21. The molecule has 0 saturated heterocycles. The largest absolute Gasteiger partial charge is 0.497 e. The Morgan fingerprint density at radius 1 is 1.33 bits per heavy atom. The first kappa shape index (κ1) is 15.0. The van der Waals surface area contributed by atoms with Crippen molar-refractivity contribution in [1.82, 2.24) is 4.90 Å². The van der Waals surface area contributed by atoms with Gasteiger partial charge in [0.2, 0.25) is 0 Å². The van der Waals surface area contributed by atoms with Crippen LogP contribution in [-0.2, 0) is 6.42 Å². The summed E-state index contributed by atoms with van der Waals surface area (Å²) >= 11 is 0. The van der Waals surface area contributed by atoms with Crippen molar-refractivity contribution in [3.05, 3.63) is 29.8 Å². The maximum atomic E-state index is 9.25. The highest BCUT2D eigenvalue weighted by molar-refractivity contribution is 5.28. The quantitative estimate of drug-likeness (QED) is 0.806. The maximum absolute atomic E-state index is 9.25. The molecule has 0 aliphatic carbocycles. The molecule has 1 aromatic carbocycles. The molecule has 18 heavy (non-hydrogen) atoms. The smallest absolute Gasteiger partial charge is 0.119 e. The SMILES string of the molecule is COc1cccc(CCN(C)CC(C)(C)CO)c1. The number of benzene rings is 1. The Hall–Kier alpha value is -1.06. The third-order valence-corrected chi connectivity index (χ3v) is 3.04. The minimum atomic E-state index is -0.0386. The second kappa shape index (κ2) is 6.76. The van der Waals surface area contributed by atoms with E-state index in [-0.39, 0.29) is 12.0 Å². The fourth-order valence-electron chi connectivity index (χ4n) is 2.01. The summed E-state index contributed by atoms with van der Waals surface area (Å²) in [5.74, 6) is 0.908. The average molecular weight is 251 g/mol. The molecule has 0 atom stereocenters. The lowest BCUT2D eigenvalue weighted by Gasteiger charge is -2.28. The van der Waals surface area contributed by atoms with E-state index < -0.39 is 0 Å². The van der Waals surface area contributed by atoms with E-state index >= 15 is 0 Å². The maximum Gasteiger partial charge on any atom is 0.119 e. The van der Waals surface area contributed by atoms with Gasteiger partial charge in [-0.2, -0.15) is 0 Å². The van der Waals surface area contributed by atoms with Gasteiger partial charge >= 0.3 is 0 Å². The van der Waals surface area contributed by atoms with E-state index in [4.69, 9.17) is 4.74 Å². The first-order chi connectivity index (χ1) is 8.46. The molecule has 0 aromatic heterocycles. The van der Waals surface area contributed by atoms with Gasteiger partial charge in [0.25, 0.3) is 0 Å². The third kappa shape index (κ3) is 5.07. The predicted octanol–water partition coefficient (Wildman–Crippen LogP) is 2.19. The van der Waals surface area contributed by atoms with E-state index in [0.29, 0.717) is 0 Å². The number of aliphatic hydroxyl groups is 1. The number of ether oxygens (including phenoxy) is 1. The molecule has 1 N–H and O–H groups in total. The Balaban J connectivity index is 2.44. The Kier molecular flexibility index (Phi) is 5.63. The fourth-order valence-corrected chi connectivity index (χ4v) is 2.01. The van der Waals surface area contributed by atoms with E-state index in [0.717, 1.165) is 25.3 Å². The lowest BCUT2D eigenvalue weighted by molar-refractivity contribution is 0.116. The minimum absolute atomic E-state index is 0.0386. The Morgan fingerprint density at radius 2 is 2.06 bits per heavy atom. The number of hydrogen-bond donors (Lipinski definition) is 1. The molecule has 1 rings (SSSR count). The molecular formula is C15H25NO2. The van der Waals surface area contributed by atoms with Gasteiger partial charge in [-0.25, -0.2) is 0 Å². The number of likely N-dealkylation sites (N-methyl/N-ethyl adjacent to an activating group) is 1. The second-order valence-electron chi connectivity index (χ2n) is 5.66. The zero-order chi connectivity index (χ0) is 13.6. The zero-order valence-electron chi connectivity index (χ0n) is 11.9. The molecular weight excluding hydrogens is 226 g/mol. The number of aliphatic hydroxyl groups excluding tert-OH is 1. The molecule has 0 aliphatic heterocycles. The summed E-state index contributed by atoms with van der Waals surface area (Å²) in [5, 5.41) is 9.25. The average Bonchev–Trinajstić information content (AvgIpc) is 2.36. The van der Waals surface area contributed by atoms with Crippen molar-refractivity contribution in [2.75, 3.05) is 33.9 Å². The molecule has 0 aliphatic rings. The van der Waals surface area contributed by atoms with Crippen molar-refractivity contribution >= 4 is 0 Å². The summed E-state index contributed by atoms with van der Waals surface area (Å²) in [6, 6.07) is 8.17. The second-order valence-corrected chi connectivity index (χ2v) is 5.66. The number of rotatable bonds is 7. The molecule has 0 amide bonds. The Morgan fingerprint density at radius 3 is 2.67 bits per heavy atom. The van der Waals surface area contributed by atoms with Crippen LogP contribution in [0.5, 0.6) is 5.75 Å². The van der Waals surface area contributed by atoms with E-state index in [1.165, 1.54) is 5.56 Å². The molecule has 1 aromatic rings. The molecule has 0 spiro atoms. The van der Waals surface area contributed by atoms with Crippen LogP contribution in [0.3, 0.4) is 0 Å². The first-order valence-corrected chi connectivity index (χ1v) is 6.39. The van der Waals surface area contributed by atoms with E-state index in [9.17, 15) is 5.11 Å². The Labute approximate surface area is 110 Å². The van der Waals surface area contributed by atoms with Crippen molar-refractivity contribution < 1.29 is 9.84 Å². The van der Waals surface area contributed by atoms with Crippen molar-refractivity contribution in [2.24, 2.45) is 5.41 Å². The predicted molar refractivity (Wildman–Crippen MR) is 75.1 cm³/mol. The summed E-state index contributed by atoms with van der Waals surface area (Å²) in [7, 11) is 3.78. The van der Waals surface area contributed by atoms with Gasteiger partial charge in [-0.05, 0) is 31.2 Å². The van der Waals surface area contributed by atoms with Crippen LogP contribution >= 0.6 is 0 Å². The first-order valence-electron chi connectivity index (χ1n) is 6.39. The zero-order valence-corrected chi connectivity index (χ0v) is 11.9. The third-order valence-electron chi connectivity index (χ3n) is 3.04. The molecule has 102 valence electrons. The monoisotopic (exact) mass is 251 g/mol. The molecule has 0 saturated carbocycles. The summed E-state index contributed by atoms with van der Waals surface area (Å²) in [6.45, 7) is 6.25. The fraction of sp³-hybridized carbons (Fsp3) is 0.600. The van der Waals surface area contributed by atoms with Crippen LogP contribution in [0.25, 0.3) is 0 Å². The van der Waals surface area contributed by atoms with Crippen LogP contribution < -0.4 is 4.74 Å². The summed E-state index contributed by atoms with van der Waals surface area (Å²) in [5.41, 5.74) is 1.24. The van der Waals surface area contributed by atoms with Crippen LogP contribution in [-0.4, -0.2) is 43.9 Å². The van der Waals surface area contributed by atoms with Crippen molar-refractivity contribution in [2.45, 2.75) is 20.3 Å². The van der Waals surface area contributed by atoms with Crippen LogP contribution in [0, 0.1) is 5.41 Å². The lowest BCUT2D eigenvalue weighted by atomic mass is 9.94. The van der Waals surface area contributed by atoms with Crippen LogP contribution in [0.15, 0.2) is 24.3 Å². The molecule has 3 heteroatoms. The highest BCUT2D eigenvalue weighted by atomic mass is 16.5. The molecule has 0 radical (unpaired) electrons. The number of methoxy groups -OCH3 is 1.